The highest BCUT2D eigenvalue weighted by Gasteiger charge is 2.57. The van der Waals surface area contributed by atoms with Crippen molar-refractivity contribution in [3.63, 3.8) is 0 Å². The van der Waals surface area contributed by atoms with Crippen LogP contribution in [0.15, 0.2) is 24.3 Å². The van der Waals surface area contributed by atoms with E-state index in [0.717, 1.165) is 43.1 Å². The summed E-state index contributed by atoms with van der Waals surface area (Å²) in [6.07, 6.45) is 12.1. The van der Waals surface area contributed by atoms with E-state index in [-0.39, 0.29) is 0 Å². The highest BCUT2D eigenvalue weighted by molar-refractivity contribution is 5.35. The van der Waals surface area contributed by atoms with Crippen molar-refractivity contribution in [1.82, 2.24) is 4.90 Å². The lowest BCUT2D eigenvalue weighted by molar-refractivity contribution is -0.0738. The van der Waals surface area contributed by atoms with E-state index in [9.17, 15) is 5.11 Å². The van der Waals surface area contributed by atoms with Gasteiger partial charge in [-0.3, -0.25) is 0 Å². The van der Waals surface area contributed by atoms with Gasteiger partial charge in [-0.15, -0.1) is 0 Å². The van der Waals surface area contributed by atoms with Gasteiger partial charge in [0.2, 0.25) is 0 Å². The predicted octanol–water partition coefficient (Wildman–Crippen LogP) is 5.41. The van der Waals surface area contributed by atoms with Gasteiger partial charge in [0, 0.05) is 6.54 Å². The molecule has 5 aliphatic rings. The maximum absolute atomic E-state index is 10.4. The Kier molecular flexibility index (Phi) is 5.64. The molecule has 0 amide bonds. The van der Waals surface area contributed by atoms with Gasteiger partial charge >= 0.3 is 0 Å². The van der Waals surface area contributed by atoms with E-state index in [4.69, 9.17) is 4.74 Å². The van der Waals surface area contributed by atoms with Crippen LogP contribution in [0.2, 0.25) is 0 Å². The Morgan fingerprint density at radius 1 is 1.07 bits per heavy atom. The number of benzene rings is 1. The van der Waals surface area contributed by atoms with Crippen LogP contribution in [-0.4, -0.2) is 42.4 Å². The number of nitrogens with zero attached hydrogens (tertiary/aromatic N) is 1. The first-order valence-corrected chi connectivity index (χ1v) is 12.6. The van der Waals surface area contributed by atoms with Crippen molar-refractivity contribution in [2.24, 2.45) is 23.2 Å². The SMILES string of the molecule is CCC12CC3CC(C1)CC(c1ccc(OCC(O)CN4CCC(C)CC4)cc1)(C3)C2. The molecule has 1 aromatic carbocycles. The van der Waals surface area contributed by atoms with E-state index in [1.807, 2.05) is 0 Å². The van der Waals surface area contributed by atoms with Crippen LogP contribution in [0.25, 0.3) is 0 Å². The Bertz CT molecular complexity index is 707. The normalized spacial score (nSPS) is 37.4. The summed E-state index contributed by atoms with van der Waals surface area (Å²) < 4.78 is 5.97. The number of hydrogen-bond donors (Lipinski definition) is 1. The monoisotopic (exact) mass is 411 g/mol. The van der Waals surface area contributed by atoms with Crippen molar-refractivity contribution in [1.29, 1.82) is 0 Å². The van der Waals surface area contributed by atoms with Crippen LogP contribution in [0.5, 0.6) is 5.75 Å². The molecule has 0 aromatic heterocycles. The molecule has 0 radical (unpaired) electrons. The number of aliphatic hydroxyl groups excluding tert-OH is 1. The molecular weight excluding hydrogens is 370 g/mol. The average Bonchev–Trinajstić information content (AvgIpc) is 2.73. The third-order valence-electron chi connectivity index (χ3n) is 9.19. The molecule has 3 unspecified atom stereocenters. The minimum atomic E-state index is -0.411. The summed E-state index contributed by atoms with van der Waals surface area (Å²) in [4.78, 5) is 2.38. The maximum Gasteiger partial charge on any atom is 0.119 e. The molecule has 3 heteroatoms. The Morgan fingerprint density at radius 2 is 1.73 bits per heavy atom. The molecule has 1 heterocycles. The molecule has 4 saturated carbocycles. The number of rotatable bonds is 7. The largest absolute Gasteiger partial charge is 0.491 e. The summed E-state index contributed by atoms with van der Waals surface area (Å²) in [6.45, 7) is 8.08. The molecule has 5 fully saturated rings. The van der Waals surface area contributed by atoms with E-state index in [1.54, 1.807) is 5.56 Å². The Hall–Kier alpha value is -1.06. The molecule has 4 aliphatic carbocycles. The van der Waals surface area contributed by atoms with Gasteiger partial charge in [-0.2, -0.15) is 0 Å². The second-order valence-corrected chi connectivity index (χ2v) is 11.6. The van der Waals surface area contributed by atoms with Gasteiger partial charge in [-0.05, 0) is 111 Å². The lowest BCUT2D eigenvalue weighted by Crippen LogP contribution is -2.53. The van der Waals surface area contributed by atoms with Crippen molar-refractivity contribution >= 4 is 0 Å². The number of aliphatic hydroxyl groups is 1. The fraction of sp³-hybridized carbons (Fsp3) is 0.778. The zero-order valence-corrected chi connectivity index (χ0v) is 19.1. The summed E-state index contributed by atoms with van der Waals surface area (Å²) in [5.74, 6) is 3.64. The summed E-state index contributed by atoms with van der Waals surface area (Å²) >= 11 is 0. The molecule has 1 aromatic rings. The molecular formula is C27H41NO2. The fourth-order valence-electron chi connectivity index (χ4n) is 7.90. The highest BCUT2D eigenvalue weighted by atomic mass is 16.5. The second kappa shape index (κ2) is 8.13. The Balaban J connectivity index is 1.18. The van der Waals surface area contributed by atoms with Crippen LogP contribution in [0.1, 0.15) is 77.2 Å². The van der Waals surface area contributed by atoms with Crippen LogP contribution >= 0.6 is 0 Å². The van der Waals surface area contributed by atoms with E-state index in [0.29, 0.717) is 17.4 Å². The van der Waals surface area contributed by atoms with Crippen LogP contribution in [0, 0.1) is 23.2 Å². The van der Waals surface area contributed by atoms with E-state index >= 15 is 0 Å². The van der Waals surface area contributed by atoms with Gasteiger partial charge in [0.05, 0.1) is 0 Å². The topological polar surface area (TPSA) is 32.7 Å². The van der Waals surface area contributed by atoms with Crippen LogP contribution < -0.4 is 4.74 Å². The zero-order chi connectivity index (χ0) is 20.8. The molecule has 3 nitrogen and oxygen atoms in total. The van der Waals surface area contributed by atoms with Gasteiger partial charge in [0.25, 0.3) is 0 Å². The summed E-state index contributed by atoms with van der Waals surface area (Å²) in [7, 11) is 0. The Labute approximate surface area is 183 Å². The van der Waals surface area contributed by atoms with E-state index < -0.39 is 6.10 Å². The fourth-order valence-corrected chi connectivity index (χ4v) is 7.90. The van der Waals surface area contributed by atoms with Gasteiger partial charge in [0.15, 0.2) is 0 Å². The summed E-state index contributed by atoms with van der Waals surface area (Å²) in [6, 6.07) is 8.98. The number of likely N-dealkylation sites (tertiary alicyclic amines) is 1. The van der Waals surface area contributed by atoms with Crippen molar-refractivity contribution in [2.75, 3.05) is 26.2 Å². The maximum atomic E-state index is 10.4. The minimum Gasteiger partial charge on any atom is -0.491 e. The molecule has 1 saturated heterocycles. The molecule has 0 spiro atoms. The average molecular weight is 412 g/mol. The first kappa shape index (κ1) is 20.8. The van der Waals surface area contributed by atoms with Gasteiger partial charge < -0.3 is 14.7 Å². The quantitative estimate of drug-likeness (QED) is 0.651. The predicted molar refractivity (Wildman–Crippen MR) is 122 cm³/mol. The lowest BCUT2D eigenvalue weighted by atomic mass is 9.42. The molecule has 166 valence electrons. The van der Waals surface area contributed by atoms with Crippen LogP contribution in [0.3, 0.4) is 0 Å². The molecule has 3 atom stereocenters. The van der Waals surface area contributed by atoms with Crippen molar-refractivity contribution in [2.45, 2.75) is 83.2 Å². The van der Waals surface area contributed by atoms with Crippen molar-refractivity contribution in [3.8, 4) is 5.75 Å². The van der Waals surface area contributed by atoms with Crippen molar-refractivity contribution < 1.29 is 9.84 Å². The van der Waals surface area contributed by atoms with E-state index in [2.05, 4.69) is 43.0 Å². The number of piperidine rings is 1. The Morgan fingerprint density at radius 3 is 2.37 bits per heavy atom. The van der Waals surface area contributed by atoms with Crippen LogP contribution in [-0.2, 0) is 5.41 Å². The van der Waals surface area contributed by atoms with Crippen LogP contribution in [0.4, 0.5) is 0 Å². The molecule has 6 rings (SSSR count). The first-order valence-electron chi connectivity index (χ1n) is 12.6. The summed E-state index contributed by atoms with van der Waals surface area (Å²) in [5.41, 5.74) is 2.59. The third kappa shape index (κ3) is 4.05. The number of ether oxygens (including phenoxy) is 1. The van der Waals surface area contributed by atoms with E-state index in [1.165, 1.54) is 57.8 Å². The van der Waals surface area contributed by atoms with Crippen molar-refractivity contribution in [3.05, 3.63) is 29.8 Å². The number of hydrogen-bond acceptors (Lipinski definition) is 3. The third-order valence-corrected chi connectivity index (χ3v) is 9.19. The summed E-state index contributed by atoms with van der Waals surface area (Å²) in [5, 5.41) is 10.4. The number of β-amino-alcohol motifs (C(OH)–C–C–N with tert-alkyl or cyclic N) is 1. The highest BCUT2D eigenvalue weighted by Crippen LogP contribution is 2.66. The zero-order valence-electron chi connectivity index (χ0n) is 19.1. The standard InChI is InChI=1S/C27H41NO2/c1-3-26-13-21-12-22(14-26)16-27(15-21,19-26)23-4-6-25(7-5-23)30-18-24(29)17-28-10-8-20(2)9-11-28/h4-7,20-22,24,29H,3,8-19H2,1-2H3. The molecule has 30 heavy (non-hydrogen) atoms. The minimum absolute atomic E-state index is 0.389. The molecule has 4 bridgehead atoms. The molecule has 1 aliphatic heterocycles. The van der Waals surface area contributed by atoms with Gasteiger partial charge in [-0.25, -0.2) is 0 Å². The van der Waals surface area contributed by atoms with Gasteiger partial charge in [0.1, 0.15) is 18.5 Å². The smallest absolute Gasteiger partial charge is 0.119 e. The first-order chi connectivity index (χ1) is 14.5. The lowest BCUT2D eigenvalue weighted by Gasteiger charge is -2.62. The second-order valence-electron chi connectivity index (χ2n) is 11.6. The molecule has 1 N–H and O–H groups in total. The van der Waals surface area contributed by atoms with Gasteiger partial charge in [-0.1, -0.05) is 32.4 Å².